The number of hydrogen-bond acceptors (Lipinski definition) is 1. The van der Waals surface area contributed by atoms with Gasteiger partial charge in [-0.15, -0.1) is 0 Å². The lowest BCUT2D eigenvalue weighted by Gasteiger charge is -2.15. The van der Waals surface area contributed by atoms with Gasteiger partial charge < -0.3 is 5.32 Å². The number of benzene rings is 2. The van der Waals surface area contributed by atoms with Crippen LogP contribution >= 0.6 is 0 Å². The molecule has 2 heteroatoms. The number of halogens is 1. The molecule has 1 aliphatic rings. The van der Waals surface area contributed by atoms with E-state index in [9.17, 15) is 4.39 Å². The zero-order chi connectivity index (χ0) is 14.8. The van der Waals surface area contributed by atoms with E-state index in [1.807, 2.05) is 6.07 Å². The van der Waals surface area contributed by atoms with Crippen molar-refractivity contribution in [2.45, 2.75) is 39.2 Å². The number of fused-ring (bicyclic) bond motifs is 1. The van der Waals surface area contributed by atoms with Crippen molar-refractivity contribution in [2.24, 2.45) is 0 Å². The molecule has 110 valence electrons. The van der Waals surface area contributed by atoms with Crippen molar-refractivity contribution >= 4 is 0 Å². The summed E-state index contributed by atoms with van der Waals surface area (Å²) in [6, 6.07) is 12.0. The molecule has 1 unspecified atom stereocenters. The Morgan fingerprint density at radius 3 is 2.86 bits per heavy atom. The Labute approximate surface area is 126 Å². The molecule has 3 rings (SSSR count). The summed E-state index contributed by atoms with van der Waals surface area (Å²) in [6.45, 7) is 5.29. The molecule has 1 N–H and O–H groups in total. The highest BCUT2D eigenvalue weighted by molar-refractivity contribution is 5.72. The molecule has 1 atom stereocenters. The smallest absolute Gasteiger partial charge is 0.123 e. The van der Waals surface area contributed by atoms with Gasteiger partial charge in [0.15, 0.2) is 0 Å². The van der Waals surface area contributed by atoms with Gasteiger partial charge in [0.1, 0.15) is 5.82 Å². The second-order valence-corrected chi connectivity index (χ2v) is 5.88. The molecule has 2 aromatic rings. The SMILES string of the molecule is CCCNC1CCc2c(-c3cc(F)ccc3C)cccc21. The van der Waals surface area contributed by atoms with Crippen LogP contribution in [0.15, 0.2) is 36.4 Å². The Bertz CT molecular complexity index is 648. The topological polar surface area (TPSA) is 12.0 Å². The molecule has 0 aromatic heterocycles. The van der Waals surface area contributed by atoms with E-state index in [4.69, 9.17) is 0 Å². The van der Waals surface area contributed by atoms with Crippen LogP contribution in [-0.4, -0.2) is 6.54 Å². The standard InChI is InChI=1S/C19H22FN/c1-3-11-21-19-10-9-16-15(5-4-6-17(16)19)18-12-14(20)8-7-13(18)2/h4-8,12,19,21H,3,9-11H2,1-2H3. The van der Waals surface area contributed by atoms with E-state index in [0.717, 1.165) is 36.9 Å². The van der Waals surface area contributed by atoms with Crippen molar-refractivity contribution in [1.29, 1.82) is 0 Å². The van der Waals surface area contributed by atoms with Crippen LogP contribution in [0.1, 0.15) is 42.5 Å². The highest BCUT2D eigenvalue weighted by Crippen LogP contribution is 2.38. The molecule has 0 aliphatic heterocycles. The first-order chi connectivity index (χ1) is 10.2. The predicted molar refractivity (Wildman–Crippen MR) is 85.9 cm³/mol. The highest BCUT2D eigenvalue weighted by atomic mass is 19.1. The van der Waals surface area contributed by atoms with Gasteiger partial charge in [0.25, 0.3) is 0 Å². The molecule has 0 saturated heterocycles. The highest BCUT2D eigenvalue weighted by Gasteiger charge is 2.24. The van der Waals surface area contributed by atoms with Gasteiger partial charge >= 0.3 is 0 Å². The maximum atomic E-state index is 13.6. The van der Waals surface area contributed by atoms with Crippen molar-refractivity contribution in [3.63, 3.8) is 0 Å². The molecule has 21 heavy (non-hydrogen) atoms. The van der Waals surface area contributed by atoms with Crippen molar-refractivity contribution in [2.75, 3.05) is 6.54 Å². The maximum absolute atomic E-state index is 13.6. The first-order valence-electron chi connectivity index (χ1n) is 7.82. The third-order valence-corrected chi connectivity index (χ3v) is 4.40. The first kappa shape index (κ1) is 14.3. The lowest BCUT2D eigenvalue weighted by molar-refractivity contribution is 0.529. The third-order valence-electron chi connectivity index (χ3n) is 4.40. The number of aryl methyl sites for hydroxylation is 1. The summed E-state index contributed by atoms with van der Waals surface area (Å²) in [5, 5.41) is 3.62. The average molecular weight is 283 g/mol. The fraction of sp³-hybridized carbons (Fsp3) is 0.368. The molecule has 0 fully saturated rings. The van der Waals surface area contributed by atoms with Crippen molar-refractivity contribution in [3.8, 4) is 11.1 Å². The summed E-state index contributed by atoms with van der Waals surface area (Å²) in [4.78, 5) is 0. The molecule has 0 heterocycles. The molecule has 1 aliphatic carbocycles. The monoisotopic (exact) mass is 283 g/mol. The third kappa shape index (κ3) is 2.73. The van der Waals surface area contributed by atoms with Gasteiger partial charge in [-0.05, 0) is 72.7 Å². The molecular weight excluding hydrogens is 261 g/mol. The minimum atomic E-state index is -0.160. The van der Waals surface area contributed by atoms with Gasteiger partial charge in [-0.1, -0.05) is 31.2 Å². The number of rotatable bonds is 4. The molecule has 0 spiro atoms. The van der Waals surface area contributed by atoms with Crippen LogP contribution in [0.3, 0.4) is 0 Å². The normalized spacial score (nSPS) is 17.0. The summed E-state index contributed by atoms with van der Waals surface area (Å²) >= 11 is 0. The van der Waals surface area contributed by atoms with Gasteiger partial charge in [0, 0.05) is 6.04 Å². The Morgan fingerprint density at radius 2 is 2.05 bits per heavy atom. The maximum Gasteiger partial charge on any atom is 0.123 e. The second kappa shape index (κ2) is 5.98. The van der Waals surface area contributed by atoms with E-state index in [0.29, 0.717) is 6.04 Å². The van der Waals surface area contributed by atoms with Gasteiger partial charge in [-0.2, -0.15) is 0 Å². The van der Waals surface area contributed by atoms with E-state index in [-0.39, 0.29) is 5.82 Å². The van der Waals surface area contributed by atoms with Crippen LogP contribution in [0.4, 0.5) is 4.39 Å². The summed E-state index contributed by atoms with van der Waals surface area (Å²) in [5.41, 5.74) is 6.15. The van der Waals surface area contributed by atoms with Crippen LogP contribution in [0, 0.1) is 12.7 Å². The lowest BCUT2D eigenvalue weighted by atomic mass is 9.93. The fourth-order valence-corrected chi connectivity index (χ4v) is 3.32. The van der Waals surface area contributed by atoms with Crippen molar-refractivity contribution in [3.05, 3.63) is 58.9 Å². The molecule has 0 amide bonds. The minimum absolute atomic E-state index is 0.160. The van der Waals surface area contributed by atoms with E-state index < -0.39 is 0 Å². The van der Waals surface area contributed by atoms with E-state index in [1.165, 1.54) is 22.8 Å². The first-order valence-corrected chi connectivity index (χ1v) is 7.82. The summed E-state index contributed by atoms with van der Waals surface area (Å²) in [6.07, 6.45) is 3.36. The van der Waals surface area contributed by atoms with Gasteiger partial charge in [0.2, 0.25) is 0 Å². The Kier molecular flexibility index (Phi) is 4.07. The zero-order valence-corrected chi connectivity index (χ0v) is 12.7. The van der Waals surface area contributed by atoms with Gasteiger partial charge in [0.05, 0.1) is 0 Å². The summed E-state index contributed by atoms with van der Waals surface area (Å²) in [5.74, 6) is -0.160. The molecule has 1 nitrogen and oxygen atoms in total. The summed E-state index contributed by atoms with van der Waals surface area (Å²) < 4.78 is 13.6. The van der Waals surface area contributed by atoms with Gasteiger partial charge in [-0.3, -0.25) is 0 Å². The molecular formula is C19H22FN. The van der Waals surface area contributed by atoms with E-state index >= 15 is 0 Å². The van der Waals surface area contributed by atoms with Crippen LogP contribution in [0.5, 0.6) is 0 Å². The summed E-state index contributed by atoms with van der Waals surface area (Å²) in [7, 11) is 0. The largest absolute Gasteiger partial charge is 0.310 e. The van der Waals surface area contributed by atoms with E-state index in [2.05, 4.69) is 37.4 Å². The number of hydrogen-bond donors (Lipinski definition) is 1. The Morgan fingerprint density at radius 1 is 1.19 bits per heavy atom. The second-order valence-electron chi connectivity index (χ2n) is 5.88. The Hall–Kier alpha value is -1.67. The molecule has 0 saturated carbocycles. The van der Waals surface area contributed by atoms with Crippen molar-refractivity contribution in [1.82, 2.24) is 5.32 Å². The van der Waals surface area contributed by atoms with Crippen LogP contribution in [-0.2, 0) is 6.42 Å². The molecule has 2 aromatic carbocycles. The van der Waals surface area contributed by atoms with Crippen LogP contribution in [0.2, 0.25) is 0 Å². The van der Waals surface area contributed by atoms with Crippen molar-refractivity contribution < 1.29 is 4.39 Å². The minimum Gasteiger partial charge on any atom is -0.310 e. The van der Waals surface area contributed by atoms with Crippen LogP contribution in [0.25, 0.3) is 11.1 Å². The van der Waals surface area contributed by atoms with E-state index in [1.54, 1.807) is 6.07 Å². The quantitative estimate of drug-likeness (QED) is 0.851. The zero-order valence-electron chi connectivity index (χ0n) is 12.7. The molecule has 0 bridgehead atoms. The van der Waals surface area contributed by atoms with Crippen LogP contribution < -0.4 is 5.32 Å². The van der Waals surface area contributed by atoms with Gasteiger partial charge in [-0.25, -0.2) is 4.39 Å². The fourth-order valence-electron chi connectivity index (χ4n) is 3.32. The predicted octanol–water partition coefficient (Wildman–Crippen LogP) is 4.79. The number of nitrogens with one attached hydrogen (secondary N) is 1. The lowest BCUT2D eigenvalue weighted by Crippen LogP contribution is -2.19. The Balaban J connectivity index is 2.02. The average Bonchev–Trinajstić information content (AvgIpc) is 2.91. The molecule has 0 radical (unpaired) electrons.